The highest BCUT2D eigenvalue weighted by atomic mass is 32.2. The van der Waals surface area contributed by atoms with E-state index in [0.717, 1.165) is 17.9 Å². The minimum atomic E-state index is -3.72. The smallest absolute Gasteiger partial charge is 0.307 e. The molecule has 0 radical (unpaired) electrons. The zero-order valence-corrected chi connectivity index (χ0v) is 18.1. The fraction of sp³-hybridized carbons (Fsp3) is 0.429. The quantitative estimate of drug-likeness (QED) is 0.464. The molecule has 1 aliphatic heterocycles. The largest absolute Gasteiger partial charge is 0.486 e. The van der Waals surface area contributed by atoms with Crippen LogP contribution in [-0.4, -0.2) is 50.3 Å². The molecule has 3 rings (SSSR count). The second kappa shape index (κ2) is 8.91. The topological polar surface area (TPSA) is 101 Å². The van der Waals surface area contributed by atoms with Crippen LogP contribution in [0.1, 0.15) is 35.1 Å². The first kappa shape index (κ1) is 21.9. The molecule has 0 N–H and O–H groups in total. The Morgan fingerprint density at radius 1 is 1.10 bits per heavy atom. The molecule has 0 aliphatic carbocycles. The maximum absolute atomic E-state index is 12.5. The Morgan fingerprint density at radius 3 is 2.47 bits per heavy atom. The molecule has 0 amide bonds. The average molecular weight is 435 g/mol. The van der Waals surface area contributed by atoms with Crippen molar-refractivity contribution in [1.82, 2.24) is 4.57 Å². The summed E-state index contributed by atoms with van der Waals surface area (Å²) in [7, 11) is -3.72. The Kier molecular flexibility index (Phi) is 6.50. The molecule has 0 fully saturated rings. The number of ether oxygens (including phenoxy) is 3. The van der Waals surface area contributed by atoms with Gasteiger partial charge in [0, 0.05) is 29.6 Å². The zero-order valence-electron chi connectivity index (χ0n) is 17.3. The molecule has 0 saturated heterocycles. The minimum absolute atomic E-state index is 0.0441. The number of rotatable bonds is 8. The lowest BCUT2D eigenvalue weighted by molar-refractivity contribution is -0.142. The van der Waals surface area contributed by atoms with Gasteiger partial charge in [0.1, 0.15) is 13.2 Å². The van der Waals surface area contributed by atoms with Gasteiger partial charge in [0.05, 0.1) is 17.1 Å². The molecule has 1 aromatic carbocycles. The van der Waals surface area contributed by atoms with E-state index in [1.54, 1.807) is 6.07 Å². The van der Waals surface area contributed by atoms with E-state index >= 15 is 0 Å². The normalized spacial score (nSPS) is 13.2. The highest BCUT2D eigenvalue weighted by Gasteiger charge is 2.22. The molecule has 0 spiro atoms. The van der Waals surface area contributed by atoms with Gasteiger partial charge >= 0.3 is 5.97 Å². The third-order valence-corrected chi connectivity index (χ3v) is 6.72. The third-order valence-electron chi connectivity index (χ3n) is 5.00. The van der Waals surface area contributed by atoms with E-state index in [1.165, 1.54) is 18.2 Å². The number of sulfone groups is 1. The predicted octanol–water partition coefficient (Wildman–Crippen LogP) is 2.49. The molecule has 2 heterocycles. The highest BCUT2D eigenvalue weighted by molar-refractivity contribution is 7.91. The lowest BCUT2D eigenvalue weighted by Gasteiger charge is -2.18. The van der Waals surface area contributed by atoms with Gasteiger partial charge < -0.3 is 18.8 Å². The second-order valence-corrected chi connectivity index (χ2v) is 9.10. The van der Waals surface area contributed by atoms with Gasteiger partial charge in [-0.05, 0) is 39.0 Å². The molecule has 2 aromatic rings. The molecule has 162 valence electrons. The number of carbonyl (C=O) groups is 2. The Bertz CT molecular complexity index is 1070. The van der Waals surface area contributed by atoms with Crippen molar-refractivity contribution >= 4 is 21.6 Å². The third kappa shape index (κ3) is 4.67. The number of esters is 1. The van der Waals surface area contributed by atoms with Gasteiger partial charge in [-0.25, -0.2) is 8.42 Å². The van der Waals surface area contributed by atoms with Crippen molar-refractivity contribution < 1.29 is 32.2 Å². The van der Waals surface area contributed by atoms with E-state index in [-0.39, 0.29) is 17.1 Å². The Morgan fingerprint density at radius 2 is 1.80 bits per heavy atom. The molecule has 1 aromatic heterocycles. The molecule has 8 nitrogen and oxygen atoms in total. The zero-order chi connectivity index (χ0) is 21.9. The lowest BCUT2D eigenvalue weighted by atomic mass is 10.1. The van der Waals surface area contributed by atoms with Crippen LogP contribution in [-0.2, 0) is 25.9 Å². The van der Waals surface area contributed by atoms with Crippen LogP contribution in [0.15, 0.2) is 29.2 Å². The predicted molar refractivity (Wildman–Crippen MR) is 109 cm³/mol. The second-order valence-electron chi connectivity index (χ2n) is 6.99. The van der Waals surface area contributed by atoms with Crippen molar-refractivity contribution in [1.29, 1.82) is 0 Å². The Labute approximate surface area is 175 Å². The van der Waals surface area contributed by atoms with Crippen molar-refractivity contribution in [3.05, 3.63) is 41.2 Å². The summed E-state index contributed by atoms with van der Waals surface area (Å²) in [5, 5.41) is 0. The summed E-state index contributed by atoms with van der Waals surface area (Å²) in [6.45, 7) is 6.80. The van der Waals surface area contributed by atoms with Crippen molar-refractivity contribution in [2.75, 3.05) is 25.6 Å². The summed E-state index contributed by atoms with van der Waals surface area (Å²) in [6.07, 6.45) is -0.349. The lowest BCUT2D eigenvalue weighted by Crippen LogP contribution is -2.18. The van der Waals surface area contributed by atoms with Gasteiger partial charge in [-0.15, -0.1) is 0 Å². The van der Waals surface area contributed by atoms with Crippen molar-refractivity contribution in [2.45, 2.75) is 38.6 Å². The van der Waals surface area contributed by atoms with Crippen LogP contribution in [0.3, 0.4) is 0 Å². The molecule has 0 atom stereocenters. The number of Topliss-reactive ketones (excluding diaryl/α,β-unsaturated/α-hetero) is 1. The number of benzene rings is 1. The summed E-state index contributed by atoms with van der Waals surface area (Å²) in [4.78, 5) is 24.4. The van der Waals surface area contributed by atoms with E-state index in [1.807, 2.05) is 25.3 Å². The van der Waals surface area contributed by atoms with Crippen LogP contribution in [0, 0.1) is 13.8 Å². The van der Waals surface area contributed by atoms with Gasteiger partial charge in [-0.1, -0.05) is 0 Å². The van der Waals surface area contributed by atoms with Crippen molar-refractivity contribution in [2.24, 2.45) is 0 Å². The van der Waals surface area contributed by atoms with E-state index in [0.29, 0.717) is 30.3 Å². The first-order chi connectivity index (χ1) is 14.2. The van der Waals surface area contributed by atoms with Gasteiger partial charge in [-0.2, -0.15) is 0 Å². The van der Waals surface area contributed by atoms with Crippen LogP contribution < -0.4 is 9.47 Å². The first-order valence-electron chi connectivity index (χ1n) is 9.71. The number of hydrogen-bond donors (Lipinski definition) is 0. The molecule has 1 aliphatic rings. The minimum Gasteiger partial charge on any atom is -0.486 e. The first-order valence-corrected chi connectivity index (χ1v) is 11.4. The van der Waals surface area contributed by atoms with Crippen LogP contribution in [0.5, 0.6) is 11.5 Å². The Hall–Kier alpha value is -2.81. The van der Waals surface area contributed by atoms with Gasteiger partial charge in [0.2, 0.25) is 5.78 Å². The fourth-order valence-corrected chi connectivity index (χ4v) is 4.65. The SMILES string of the molecule is CCn1c(C)cc(C(=O)COC(=O)CCS(=O)(=O)c2ccc3c(c2)OCCO3)c1C. The standard InChI is InChI=1S/C21H25NO7S/c1-4-22-14(2)11-17(15(22)3)18(23)13-29-21(24)7-10-30(25,26)16-5-6-19-20(12-16)28-9-8-27-19/h5-6,11-12H,4,7-10,13H2,1-3H3. The molecule has 9 heteroatoms. The molecule has 0 unspecified atom stereocenters. The molecular weight excluding hydrogens is 410 g/mol. The maximum Gasteiger partial charge on any atom is 0.307 e. The highest BCUT2D eigenvalue weighted by Crippen LogP contribution is 2.32. The van der Waals surface area contributed by atoms with Gasteiger partial charge in [-0.3, -0.25) is 9.59 Å². The van der Waals surface area contributed by atoms with Crippen molar-refractivity contribution in [3.63, 3.8) is 0 Å². The van der Waals surface area contributed by atoms with Crippen LogP contribution in [0.2, 0.25) is 0 Å². The van der Waals surface area contributed by atoms with Gasteiger partial charge in [0.15, 0.2) is 27.9 Å². The van der Waals surface area contributed by atoms with E-state index in [4.69, 9.17) is 14.2 Å². The molecule has 30 heavy (non-hydrogen) atoms. The number of aryl methyl sites for hydroxylation is 1. The van der Waals surface area contributed by atoms with Gasteiger partial charge in [0.25, 0.3) is 0 Å². The molecular formula is C21H25NO7S. The fourth-order valence-electron chi connectivity index (χ4n) is 3.42. The Balaban J connectivity index is 1.56. The van der Waals surface area contributed by atoms with Crippen molar-refractivity contribution in [3.8, 4) is 11.5 Å². The molecule has 0 saturated carbocycles. The van der Waals surface area contributed by atoms with E-state index in [2.05, 4.69) is 0 Å². The summed E-state index contributed by atoms with van der Waals surface area (Å²) >= 11 is 0. The number of hydrogen-bond acceptors (Lipinski definition) is 7. The number of nitrogens with zero attached hydrogens (tertiary/aromatic N) is 1. The van der Waals surface area contributed by atoms with Crippen LogP contribution >= 0.6 is 0 Å². The number of aromatic nitrogens is 1. The van der Waals surface area contributed by atoms with Crippen LogP contribution in [0.4, 0.5) is 0 Å². The average Bonchev–Trinajstić information content (AvgIpc) is 3.03. The number of ketones is 1. The maximum atomic E-state index is 12.5. The summed E-state index contributed by atoms with van der Waals surface area (Å²) < 4.78 is 42.8. The van der Waals surface area contributed by atoms with E-state index in [9.17, 15) is 18.0 Å². The summed E-state index contributed by atoms with van der Waals surface area (Å²) in [6, 6.07) is 6.11. The monoisotopic (exact) mass is 435 g/mol. The van der Waals surface area contributed by atoms with Crippen LogP contribution in [0.25, 0.3) is 0 Å². The number of carbonyl (C=O) groups excluding carboxylic acids is 2. The van der Waals surface area contributed by atoms with E-state index < -0.39 is 28.2 Å². The summed E-state index contributed by atoms with van der Waals surface area (Å²) in [5.41, 5.74) is 2.28. The summed E-state index contributed by atoms with van der Waals surface area (Å²) in [5.74, 6) is -0.635. The molecule has 0 bridgehead atoms. The number of fused-ring (bicyclic) bond motifs is 1.